The van der Waals surface area contributed by atoms with Crippen molar-refractivity contribution in [3.63, 3.8) is 0 Å². The first-order valence-corrected chi connectivity index (χ1v) is 8.79. The minimum Gasteiger partial charge on any atom is -0.313 e. The lowest BCUT2D eigenvalue weighted by molar-refractivity contribution is 0.271. The van der Waals surface area contributed by atoms with Crippen LogP contribution in [0.2, 0.25) is 0 Å². The molecule has 0 bridgehead atoms. The molecule has 21 heavy (non-hydrogen) atoms. The molecule has 0 spiro atoms. The van der Waals surface area contributed by atoms with Crippen LogP contribution in [0, 0.1) is 0 Å². The summed E-state index contributed by atoms with van der Waals surface area (Å²) in [4.78, 5) is 2.18. The normalized spacial score (nSPS) is 12.5. The van der Waals surface area contributed by atoms with E-state index in [0.717, 1.165) is 19.5 Å². The largest absolute Gasteiger partial charge is 0.313 e. The molecule has 0 aliphatic heterocycles. The number of sulfonamides is 1. The Hall–Kier alpha value is -0.960. The molecule has 0 aromatic carbocycles. The minimum absolute atomic E-state index is 0.153. The number of H-pyrrole nitrogens is 1. The van der Waals surface area contributed by atoms with Gasteiger partial charge in [-0.3, -0.25) is 5.10 Å². The second kappa shape index (κ2) is 8.47. The summed E-state index contributed by atoms with van der Waals surface area (Å²) < 4.78 is 27.1. The molecule has 0 amide bonds. The maximum Gasteiger partial charge on any atom is 0.257 e. The summed E-state index contributed by atoms with van der Waals surface area (Å²) in [7, 11) is -1.49. The fourth-order valence-corrected chi connectivity index (χ4v) is 2.98. The predicted molar refractivity (Wildman–Crippen MR) is 83.5 cm³/mol. The van der Waals surface area contributed by atoms with E-state index in [1.54, 1.807) is 6.20 Å². The molecule has 1 aromatic rings. The van der Waals surface area contributed by atoms with Gasteiger partial charge in [-0.05, 0) is 40.4 Å². The van der Waals surface area contributed by atoms with E-state index < -0.39 is 10.0 Å². The Bertz CT molecular complexity index is 512. The van der Waals surface area contributed by atoms with Crippen molar-refractivity contribution in [1.82, 2.24) is 25.1 Å². The van der Waals surface area contributed by atoms with Crippen molar-refractivity contribution in [3.05, 3.63) is 11.8 Å². The third-order valence-electron chi connectivity index (χ3n) is 3.37. The third-order valence-corrected chi connectivity index (χ3v) is 4.85. The summed E-state index contributed by atoms with van der Waals surface area (Å²) in [6.07, 6.45) is 2.31. The zero-order valence-corrected chi connectivity index (χ0v) is 14.1. The lowest BCUT2D eigenvalue weighted by Gasteiger charge is -2.20. The Kier molecular flexibility index (Phi) is 7.30. The number of hydrogen-bond donors (Lipinski definition) is 3. The third kappa shape index (κ3) is 5.74. The fraction of sp³-hybridized carbons (Fsp3) is 0.769. The Morgan fingerprint density at radius 2 is 2.14 bits per heavy atom. The van der Waals surface area contributed by atoms with E-state index in [2.05, 4.69) is 39.0 Å². The lowest BCUT2D eigenvalue weighted by atomic mass is 10.3. The second-order valence-electron chi connectivity index (χ2n) is 5.33. The SMILES string of the molecule is CCNCc1cn[nH]c1S(=O)(=O)NCCCN(C)C(C)C. The summed E-state index contributed by atoms with van der Waals surface area (Å²) >= 11 is 0. The molecule has 3 N–H and O–H groups in total. The fourth-order valence-electron chi connectivity index (χ4n) is 1.78. The molecule has 0 atom stereocenters. The number of aromatic amines is 1. The van der Waals surface area contributed by atoms with E-state index in [4.69, 9.17) is 0 Å². The summed E-state index contributed by atoms with van der Waals surface area (Å²) in [6.45, 7) is 8.73. The van der Waals surface area contributed by atoms with Gasteiger partial charge in [0.1, 0.15) is 0 Å². The van der Waals surface area contributed by atoms with Gasteiger partial charge in [-0.15, -0.1) is 0 Å². The van der Waals surface area contributed by atoms with Crippen LogP contribution in [0.4, 0.5) is 0 Å². The zero-order chi connectivity index (χ0) is 15.9. The summed E-state index contributed by atoms with van der Waals surface area (Å²) in [5.41, 5.74) is 0.656. The van der Waals surface area contributed by atoms with Crippen molar-refractivity contribution in [2.45, 2.75) is 44.8 Å². The van der Waals surface area contributed by atoms with Gasteiger partial charge >= 0.3 is 0 Å². The van der Waals surface area contributed by atoms with E-state index in [-0.39, 0.29) is 5.03 Å². The molecule has 0 saturated carbocycles. The van der Waals surface area contributed by atoms with Crippen LogP contribution in [0.1, 0.15) is 32.8 Å². The van der Waals surface area contributed by atoms with Gasteiger partial charge in [0, 0.05) is 24.7 Å². The highest BCUT2D eigenvalue weighted by atomic mass is 32.2. The van der Waals surface area contributed by atoms with E-state index in [1.807, 2.05) is 14.0 Å². The van der Waals surface area contributed by atoms with E-state index >= 15 is 0 Å². The molecule has 0 saturated heterocycles. The molecule has 0 aliphatic carbocycles. The Balaban J connectivity index is 2.52. The Morgan fingerprint density at radius 1 is 1.43 bits per heavy atom. The van der Waals surface area contributed by atoms with Crippen molar-refractivity contribution in [2.24, 2.45) is 0 Å². The van der Waals surface area contributed by atoms with Gasteiger partial charge < -0.3 is 10.2 Å². The first kappa shape index (κ1) is 18.1. The highest BCUT2D eigenvalue weighted by molar-refractivity contribution is 7.89. The first-order valence-electron chi connectivity index (χ1n) is 7.31. The van der Waals surface area contributed by atoms with Crippen LogP contribution in [0.3, 0.4) is 0 Å². The first-order chi connectivity index (χ1) is 9.88. The number of aromatic nitrogens is 2. The van der Waals surface area contributed by atoms with Crippen molar-refractivity contribution in [1.29, 1.82) is 0 Å². The Morgan fingerprint density at radius 3 is 2.76 bits per heavy atom. The molecule has 0 radical (unpaired) electrons. The molecule has 1 rings (SSSR count). The van der Waals surface area contributed by atoms with Gasteiger partial charge in [0.2, 0.25) is 0 Å². The van der Waals surface area contributed by atoms with Crippen molar-refractivity contribution < 1.29 is 8.42 Å². The van der Waals surface area contributed by atoms with Crippen molar-refractivity contribution >= 4 is 10.0 Å². The van der Waals surface area contributed by atoms with Crippen LogP contribution in [0.15, 0.2) is 11.2 Å². The van der Waals surface area contributed by atoms with Crippen molar-refractivity contribution in [3.8, 4) is 0 Å². The summed E-state index contributed by atoms with van der Waals surface area (Å²) in [5, 5.41) is 9.65. The van der Waals surface area contributed by atoms with Crippen LogP contribution in [0.5, 0.6) is 0 Å². The molecule has 7 nitrogen and oxygen atoms in total. The van der Waals surface area contributed by atoms with Gasteiger partial charge in [0.15, 0.2) is 5.03 Å². The summed E-state index contributed by atoms with van der Waals surface area (Å²) in [6, 6.07) is 0.459. The standard InChI is InChI=1S/C13H27N5O2S/c1-5-14-9-12-10-15-17-13(12)21(19,20)16-7-6-8-18(4)11(2)3/h10-11,14,16H,5-9H2,1-4H3,(H,15,17). The molecule has 0 aliphatic rings. The molecule has 0 fully saturated rings. The number of nitrogens with one attached hydrogen (secondary N) is 3. The number of rotatable bonds is 10. The van der Waals surface area contributed by atoms with Crippen LogP contribution < -0.4 is 10.0 Å². The van der Waals surface area contributed by atoms with Gasteiger partial charge in [-0.2, -0.15) is 5.10 Å². The molecule has 122 valence electrons. The van der Waals surface area contributed by atoms with Gasteiger partial charge in [0.05, 0.1) is 6.20 Å². The molecular formula is C13H27N5O2S. The smallest absolute Gasteiger partial charge is 0.257 e. The van der Waals surface area contributed by atoms with Gasteiger partial charge in [0.25, 0.3) is 10.0 Å². The number of nitrogens with zero attached hydrogens (tertiary/aromatic N) is 2. The van der Waals surface area contributed by atoms with Crippen molar-refractivity contribution in [2.75, 3.05) is 26.7 Å². The topological polar surface area (TPSA) is 90.1 Å². The monoisotopic (exact) mass is 317 g/mol. The van der Waals surface area contributed by atoms with Crippen LogP contribution in [0.25, 0.3) is 0 Å². The maximum atomic E-state index is 12.2. The average Bonchev–Trinajstić information content (AvgIpc) is 2.90. The van der Waals surface area contributed by atoms with Gasteiger partial charge in [-0.25, -0.2) is 13.1 Å². The second-order valence-corrected chi connectivity index (χ2v) is 7.03. The van der Waals surface area contributed by atoms with Crippen LogP contribution >= 0.6 is 0 Å². The zero-order valence-electron chi connectivity index (χ0n) is 13.3. The molecular weight excluding hydrogens is 290 g/mol. The van der Waals surface area contributed by atoms with Gasteiger partial charge in [-0.1, -0.05) is 6.92 Å². The van der Waals surface area contributed by atoms with E-state index in [9.17, 15) is 8.42 Å². The maximum absolute atomic E-state index is 12.2. The predicted octanol–water partition coefficient (Wildman–Crippen LogP) is 0.528. The van der Waals surface area contributed by atoms with E-state index in [1.165, 1.54) is 0 Å². The molecule has 1 aromatic heterocycles. The lowest BCUT2D eigenvalue weighted by Crippen LogP contribution is -2.32. The average molecular weight is 317 g/mol. The van der Waals surface area contributed by atoms with Crippen LogP contribution in [-0.4, -0.2) is 56.2 Å². The quantitative estimate of drug-likeness (QED) is 0.548. The molecule has 1 heterocycles. The summed E-state index contributed by atoms with van der Waals surface area (Å²) in [5.74, 6) is 0. The van der Waals surface area contributed by atoms with E-state index in [0.29, 0.717) is 24.7 Å². The molecule has 8 heteroatoms. The minimum atomic E-state index is -3.52. The van der Waals surface area contributed by atoms with Crippen LogP contribution in [-0.2, 0) is 16.6 Å². The molecule has 0 unspecified atom stereocenters. The Labute approximate surface area is 127 Å². The number of hydrogen-bond acceptors (Lipinski definition) is 5. The highest BCUT2D eigenvalue weighted by Crippen LogP contribution is 2.11. The highest BCUT2D eigenvalue weighted by Gasteiger charge is 2.20.